The van der Waals surface area contributed by atoms with Crippen LogP contribution in [0.1, 0.15) is 52.1 Å². The molecule has 1 heterocycles. The fraction of sp³-hybridized carbons (Fsp3) is 0.212. The molecule has 4 aromatic rings. The summed E-state index contributed by atoms with van der Waals surface area (Å²) in [6.07, 6.45) is 1.77. The molecule has 1 aliphatic rings. The highest BCUT2D eigenvalue weighted by molar-refractivity contribution is 6.31. The molecule has 5 rings (SSSR count). The first-order chi connectivity index (χ1) is 21.5. The van der Waals surface area contributed by atoms with Gasteiger partial charge in [0.15, 0.2) is 5.78 Å². The van der Waals surface area contributed by atoms with Crippen LogP contribution in [-0.4, -0.2) is 45.6 Å². The second kappa shape index (κ2) is 13.1. The lowest BCUT2D eigenvalue weighted by atomic mass is 9.98. The highest BCUT2D eigenvalue weighted by atomic mass is 35.5. The Morgan fingerprint density at radius 1 is 0.956 bits per heavy atom. The Morgan fingerprint density at radius 2 is 1.60 bits per heavy atom. The lowest BCUT2D eigenvalue weighted by molar-refractivity contribution is -0.119. The van der Waals surface area contributed by atoms with E-state index in [2.05, 4.69) is 15.7 Å². The number of methoxy groups -OCH3 is 1. The molecule has 0 saturated heterocycles. The molecule has 1 saturated carbocycles. The molecule has 11 nitrogen and oxygen atoms in total. The largest absolute Gasteiger partial charge is 0.480 e. The van der Waals surface area contributed by atoms with Gasteiger partial charge in [-0.05, 0) is 85.5 Å². The van der Waals surface area contributed by atoms with Crippen LogP contribution < -0.4 is 20.9 Å². The molecule has 0 spiro atoms. The summed E-state index contributed by atoms with van der Waals surface area (Å²) in [7, 11) is 1.35. The maximum Gasteiger partial charge on any atom is 0.335 e. The van der Waals surface area contributed by atoms with Crippen LogP contribution in [0.3, 0.4) is 0 Å². The van der Waals surface area contributed by atoms with Gasteiger partial charge in [-0.1, -0.05) is 23.7 Å². The summed E-state index contributed by atoms with van der Waals surface area (Å²) >= 11 is 6.22. The van der Waals surface area contributed by atoms with Crippen LogP contribution in [0.15, 0.2) is 77.6 Å². The molecule has 0 bridgehead atoms. The molecule has 2 amide bonds. The Bertz CT molecular complexity index is 1850. The molecule has 12 heteroatoms. The average molecular weight is 629 g/mol. The van der Waals surface area contributed by atoms with Crippen LogP contribution in [0.4, 0.5) is 11.4 Å². The van der Waals surface area contributed by atoms with Crippen LogP contribution in [0.25, 0.3) is 11.1 Å². The van der Waals surface area contributed by atoms with Gasteiger partial charge in [-0.2, -0.15) is 0 Å². The summed E-state index contributed by atoms with van der Waals surface area (Å²) in [6, 6.07) is 17.2. The Balaban J connectivity index is 1.52. The smallest absolute Gasteiger partial charge is 0.335 e. The Morgan fingerprint density at radius 3 is 2.20 bits per heavy atom. The minimum absolute atomic E-state index is 0.0129. The molecule has 0 aliphatic heterocycles. The maximum absolute atomic E-state index is 13.7. The number of rotatable bonds is 11. The molecule has 3 N–H and O–H groups in total. The van der Waals surface area contributed by atoms with Crippen LogP contribution in [0.5, 0.6) is 5.88 Å². The number of carbonyl (C=O) groups is 4. The van der Waals surface area contributed by atoms with E-state index in [0.29, 0.717) is 33.1 Å². The number of carbonyl (C=O) groups excluding carboxylic acids is 3. The van der Waals surface area contributed by atoms with Crippen molar-refractivity contribution >= 4 is 46.5 Å². The normalized spacial score (nSPS) is 13.0. The number of aromatic carboxylic acids is 1. The predicted octanol–water partition coefficient (Wildman–Crippen LogP) is 5.24. The third kappa shape index (κ3) is 7.27. The number of benzene rings is 3. The Kier molecular flexibility index (Phi) is 9.10. The summed E-state index contributed by atoms with van der Waals surface area (Å²) in [5, 5.41) is 19.6. The topological polar surface area (TPSA) is 157 Å². The number of hydrogen-bond acceptors (Lipinski definition) is 7. The van der Waals surface area contributed by atoms with Crippen molar-refractivity contribution < 1.29 is 29.0 Å². The maximum atomic E-state index is 13.7. The fourth-order valence-corrected chi connectivity index (χ4v) is 4.99. The highest BCUT2D eigenvalue weighted by Crippen LogP contribution is 2.33. The zero-order chi connectivity index (χ0) is 32.2. The molecule has 45 heavy (non-hydrogen) atoms. The molecule has 1 aliphatic carbocycles. The van der Waals surface area contributed by atoms with Crippen molar-refractivity contribution in [3.63, 3.8) is 0 Å². The molecular weight excluding hydrogens is 600 g/mol. The molecule has 1 unspecified atom stereocenters. The molecule has 230 valence electrons. The zero-order valence-corrected chi connectivity index (χ0v) is 25.1. The third-order valence-electron chi connectivity index (χ3n) is 7.36. The van der Waals surface area contributed by atoms with Gasteiger partial charge in [0.1, 0.15) is 6.04 Å². The quantitative estimate of drug-likeness (QED) is 0.190. The molecule has 0 radical (unpaired) electrons. The predicted molar refractivity (Wildman–Crippen MR) is 168 cm³/mol. The molecule has 1 fully saturated rings. The van der Waals surface area contributed by atoms with E-state index in [-0.39, 0.29) is 41.0 Å². The van der Waals surface area contributed by atoms with Crippen LogP contribution in [0, 0.1) is 5.92 Å². The van der Waals surface area contributed by atoms with Gasteiger partial charge in [0.05, 0.1) is 18.2 Å². The average Bonchev–Trinajstić information content (AvgIpc) is 3.87. The summed E-state index contributed by atoms with van der Waals surface area (Å²) in [5.41, 5.74) is 1.89. The van der Waals surface area contributed by atoms with E-state index in [4.69, 9.17) is 16.3 Å². The van der Waals surface area contributed by atoms with Gasteiger partial charge in [-0.15, -0.1) is 5.10 Å². The van der Waals surface area contributed by atoms with Gasteiger partial charge in [-0.3, -0.25) is 19.2 Å². The zero-order valence-electron chi connectivity index (χ0n) is 24.4. The van der Waals surface area contributed by atoms with Gasteiger partial charge in [0, 0.05) is 40.4 Å². The SMILES string of the molecule is COc1nn(C(Cc2ccc(NC(=O)C3CC3)cc2)C(=O)Nc2ccc(C(=O)O)cc2)c(=O)cc1-c1cc(Cl)ccc1C(C)=O. The van der Waals surface area contributed by atoms with E-state index < -0.39 is 23.5 Å². The van der Waals surface area contributed by atoms with Crippen molar-refractivity contribution in [1.82, 2.24) is 9.78 Å². The third-order valence-corrected chi connectivity index (χ3v) is 7.60. The van der Waals surface area contributed by atoms with Crippen molar-refractivity contribution in [1.29, 1.82) is 0 Å². The highest BCUT2D eigenvalue weighted by Gasteiger charge is 2.30. The van der Waals surface area contributed by atoms with E-state index >= 15 is 0 Å². The first-order valence-electron chi connectivity index (χ1n) is 14.1. The number of Topliss-reactive ketones (excluding diaryl/α,β-unsaturated/α-hetero) is 1. The molecular formula is C33H29ClN4O7. The van der Waals surface area contributed by atoms with E-state index in [1.54, 1.807) is 36.4 Å². The minimum Gasteiger partial charge on any atom is -0.480 e. The number of amides is 2. The number of halogens is 1. The summed E-state index contributed by atoms with van der Waals surface area (Å²) in [6.45, 7) is 1.39. The van der Waals surface area contributed by atoms with E-state index in [1.807, 2.05) is 0 Å². The number of ketones is 1. The summed E-state index contributed by atoms with van der Waals surface area (Å²) in [4.78, 5) is 63.2. The van der Waals surface area contributed by atoms with Crippen molar-refractivity contribution in [3.8, 4) is 17.0 Å². The van der Waals surface area contributed by atoms with Crippen LogP contribution in [-0.2, 0) is 16.0 Å². The van der Waals surface area contributed by atoms with Gasteiger partial charge >= 0.3 is 5.97 Å². The van der Waals surface area contributed by atoms with Crippen molar-refractivity contribution in [2.75, 3.05) is 17.7 Å². The van der Waals surface area contributed by atoms with Gasteiger partial charge in [-0.25, -0.2) is 9.48 Å². The summed E-state index contributed by atoms with van der Waals surface area (Å²) in [5.74, 6) is -1.98. The molecule has 1 aromatic heterocycles. The monoisotopic (exact) mass is 628 g/mol. The van der Waals surface area contributed by atoms with E-state index in [0.717, 1.165) is 17.5 Å². The minimum atomic E-state index is -1.18. The number of hydrogen-bond donors (Lipinski definition) is 3. The van der Waals surface area contributed by atoms with E-state index in [1.165, 1.54) is 50.4 Å². The number of ether oxygens (including phenoxy) is 1. The van der Waals surface area contributed by atoms with E-state index in [9.17, 15) is 29.1 Å². The van der Waals surface area contributed by atoms with Gasteiger partial charge < -0.3 is 20.5 Å². The number of nitrogens with one attached hydrogen (secondary N) is 2. The van der Waals surface area contributed by atoms with Crippen molar-refractivity contribution in [2.24, 2.45) is 5.92 Å². The van der Waals surface area contributed by atoms with Crippen molar-refractivity contribution in [3.05, 3.63) is 105 Å². The fourth-order valence-electron chi connectivity index (χ4n) is 4.81. The number of anilines is 2. The van der Waals surface area contributed by atoms with Gasteiger partial charge in [0.2, 0.25) is 17.7 Å². The Hall–Kier alpha value is -5.29. The summed E-state index contributed by atoms with van der Waals surface area (Å²) < 4.78 is 6.53. The molecule has 1 atom stereocenters. The van der Waals surface area contributed by atoms with Crippen LogP contribution >= 0.6 is 11.6 Å². The second-order valence-electron chi connectivity index (χ2n) is 10.6. The lowest BCUT2D eigenvalue weighted by Gasteiger charge is -2.21. The number of carboxylic acids is 1. The van der Waals surface area contributed by atoms with Crippen molar-refractivity contribution in [2.45, 2.75) is 32.2 Å². The lowest BCUT2D eigenvalue weighted by Crippen LogP contribution is -2.36. The van der Waals surface area contributed by atoms with Gasteiger partial charge in [0.25, 0.3) is 5.56 Å². The second-order valence-corrected chi connectivity index (χ2v) is 11.1. The first-order valence-corrected chi connectivity index (χ1v) is 14.4. The number of carboxylic acid groups (broad SMARTS) is 1. The number of nitrogens with zero attached hydrogens (tertiary/aromatic N) is 2. The first kappa shape index (κ1) is 31.1. The number of aromatic nitrogens is 2. The van der Waals surface area contributed by atoms with Crippen LogP contribution in [0.2, 0.25) is 5.02 Å². The standard InChI is InChI=1S/C33H29ClN4O7/c1-18(39)25-14-9-22(34)16-26(25)27-17-29(40)38(37-32(27)45-2)28(31(42)36-24-12-7-21(8-13-24)33(43)44)15-19-3-10-23(11-4-19)35-30(41)20-5-6-20/h3-4,7-14,16-17,20,28H,5-6,15H2,1-2H3,(H,35,41)(H,36,42)(H,43,44). The Labute approximate surface area is 262 Å². The molecule has 3 aromatic carbocycles.